The Labute approximate surface area is 125 Å². The highest BCUT2D eigenvalue weighted by molar-refractivity contribution is 6.18. The third-order valence-corrected chi connectivity index (χ3v) is 4.17. The van der Waals surface area contributed by atoms with Gasteiger partial charge in [-0.15, -0.1) is 11.6 Å². The average Bonchev–Trinajstić information content (AvgIpc) is 2.37. The van der Waals surface area contributed by atoms with Gasteiger partial charge >= 0.3 is 0 Å². The number of aryl methyl sites for hydroxylation is 3. The Morgan fingerprint density at radius 1 is 1.35 bits per heavy atom. The first-order valence-electron chi connectivity index (χ1n) is 7.00. The molecule has 0 radical (unpaired) electrons. The van der Waals surface area contributed by atoms with E-state index in [4.69, 9.17) is 16.3 Å². The second kappa shape index (κ2) is 6.15. The second-order valence-corrected chi connectivity index (χ2v) is 6.00. The van der Waals surface area contributed by atoms with Crippen LogP contribution in [0, 0.1) is 20.8 Å². The molecule has 2 atom stereocenters. The molecule has 1 heterocycles. The lowest BCUT2D eigenvalue weighted by atomic mass is 9.98. The Balaban J connectivity index is 2.30. The first-order chi connectivity index (χ1) is 9.43. The van der Waals surface area contributed by atoms with Crippen LogP contribution in [0.4, 0.5) is 0 Å². The van der Waals surface area contributed by atoms with Crippen molar-refractivity contribution >= 4 is 17.5 Å². The second-order valence-electron chi connectivity index (χ2n) is 5.69. The molecule has 1 aromatic carbocycles. The van der Waals surface area contributed by atoms with E-state index in [1.165, 1.54) is 5.56 Å². The van der Waals surface area contributed by atoms with Gasteiger partial charge in [0, 0.05) is 12.1 Å². The van der Waals surface area contributed by atoms with Crippen molar-refractivity contribution in [3.05, 3.63) is 34.4 Å². The van der Waals surface area contributed by atoms with E-state index in [1.807, 2.05) is 25.7 Å². The number of carbonyl (C=O) groups is 1. The van der Waals surface area contributed by atoms with Crippen molar-refractivity contribution in [2.75, 3.05) is 19.0 Å². The van der Waals surface area contributed by atoms with E-state index in [2.05, 4.69) is 19.1 Å². The van der Waals surface area contributed by atoms with E-state index < -0.39 is 0 Å². The quantitative estimate of drug-likeness (QED) is 0.785. The molecule has 110 valence electrons. The maximum atomic E-state index is 12.9. The Hall–Kier alpha value is -1.06. The summed E-state index contributed by atoms with van der Waals surface area (Å²) >= 11 is 5.86. The molecule has 3 nitrogen and oxygen atoms in total. The summed E-state index contributed by atoms with van der Waals surface area (Å²) in [7, 11) is 0. The van der Waals surface area contributed by atoms with E-state index >= 15 is 0 Å². The number of ether oxygens (including phenoxy) is 1. The Morgan fingerprint density at radius 2 is 1.95 bits per heavy atom. The summed E-state index contributed by atoms with van der Waals surface area (Å²) < 4.78 is 5.61. The lowest BCUT2D eigenvalue weighted by molar-refractivity contribution is -0.0372. The van der Waals surface area contributed by atoms with Crippen molar-refractivity contribution in [1.82, 2.24) is 4.90 Å². The van der Waals surface area contributed by atoms with Gasteiger partial charge < -0.3 is 9.64 Å². The van der Waals surface area contributed by atoms with Crippen LogP contribution in [0.25, 0.3) is 0 Å². The zero-order valence-corrected chi connectivity index (χ0v) is 13.3. The van der Waals surface area contributed by atoms with Crippen molar-refractivity contribution in [2.45, 2.75) is 39.8 Å². The summed E-state index contributed by atoms with van der Waals surface area (Å²) in [5, 5.41) is 0. The molecule has 2 unspecified atom stereocenters. The summed E-state index contributed by atoms with van der Waals surface area (Å²) in [6, 6.07) is 4.21. The summed E-state index contributed by atoms with van der Waals surface area (Å²) in [6.07, 6.45) is -0.0668. The zero-order chi connectivity index (χ0) is 14.9. The minimum Gasteiger partial charge on any atom is -0.373 e. The maximum absolute atomic E-state index is 12.9. The Kier molecular flexibility index (Phi) is 4.71. The smallest absolute Gasteiger partial charge is 0.254 e. The number of benzene rings is 1. The fraction of sp³-hybridized carbons (Fsp3) is 0.562. The van der Waals surface area contributed by atoms with E-state index in [9.17, 15) is 4.79 Å². The average molecular weight is 296 g/mol. The van der Waals surface area contributed by atoms with Gasteiger partial charge in [0.2, 0.25) is 0 Å². The van der Waals surface area contributed by atoms with Crippen molar-refractivity contribution in [3.8, 4) is 0 Å². The highest BCUT2D eigenvalue weighted by Crippen LogP contribution is 2.22. The SMILES string of the molecule is Cc1cc(C)c(C(=O)N2CC(CCl)OCC2C)c(C)c1. The van der Waals surface area contributed by atoms with Gasteiger partial charge in [-0.1, -0.05) is 17.7 Å². The van der Waals surface area contributed by atoms with Crippen LogP contribution in [0.5, 0.6) is 0 Å². The van der Waals surface area contributed by atoms with Gasteiger partial charge in [0.1, 0.15) is 0 Å². The molecule has 1 fully saturated rings. The number of halogens is 1. The van der Waals surface area contributed by atoms with E-state index in [0.29, 0.717) is 19.0 Å². The number of morpholine rings is 1. The van der Waals surface area contributed by atoms with Gasteiger partial charge in [-0.05, 0) is 38.8 Å². The normalized spacial score (nSPS) is 22.9. The third kappa shape index (κ3) is 2.99. The summed E-state index contributed by atoms with van der Waals surface area (Å²) in [5.41, 5.74) is 4.07. The Bertz CT molecular complexity index is 492. The van der Waals surface area contributed by atoms with Crippen molar-refractivity contribution in [2.24, 2.45) is 0 Å². The lowest BCUT2D eigenvalue weighted by Crippen LogP contribution is -2.51. The zero-order valence-electron chi connectivity index (χ0n) is 12.6. The van der Waals surface area contributed by atoms with Gasteiger partial charge in [0.05, 0.1) is 24.6 Å². The molecule has 1 saturated heterocycles. The molecule has 0 aliphatic carbocycles. The highest BCUT2D eigenvalue weighted by Gasteiger charge is 2.31. The number of hydrogen-bond donors (Lipinski definition) is 0. The first kappa shape index (κ1) is 15.3. The number of alkyl halides is 1. The topological polar surface area (TPSA) is 29.5 Å². The molecule has 2 rings (SSSR count). The number of amides is 1. The van der Waals surface area contributed by atoms with Crippen LogP contribution < -0.4 is 0 Å². The summed E-state index contributed by atoms with van der Waals surface area (Å²) in [5.74, 6) is 0.508. The molecule has 0 bridgehead atoms. The summed E-state index contributed by atoms with van der Waals surface area (Å²) in [6.45, 7) is 9.18. The van der Waals surface area contributed by atoms with Crippen molar-refractivity contribution in [1.29, 1.82) is 0 Å². The van der Waals surface area contributed by atoms with Crippen LogP contribution in [0.1, 0.15) is 34.0 Å². The molecular weight excluding hydrogens is 274 g/mol. The highest BCUT2D eigenvalue weighted by atomic mass is 35.5. The lowest BCUT2D eigenvalue weighted by Gasteiger charge is -2.38. The van der Waals surface area contributed by atoms with Crippen LogP contribution in [-0.2, 0) is 4.74 Å². The first-order valence-corrected chi connectivity index (χ1v) is 7.54. The largest absolute Gasteiger partial charge is 0.373 e. The Morgan fingerprint density at radius 3 is 2.50 bits per heavy atom. The fourth-order valence-corrected chi connectivity index (χ4v) is 3.04. The number of nitrogens with zero attached hydrogens (tertiary/aromatic N) is 1. The molecule has 0 aromatic heterocycles. The molecule has 1 aromatic rings. The number of hydrogen-bond acceptors (Lipinski definition) is 2. The molecule has 1 amide bonds. The van der Waals surface area contributed by atoms with Crippen LogP contribution in [-0.4, -0.2) is 42.0 Å². The van der Waals surface area contributed by atoms with Crippen LogP contribution >= 0.6 is 11.6 Å². The van der Waals surface area contributed by atoms with Crippen LogP contribution in [0.15, 0.2) is 12.1 Å². The predicted octanol–water partition coefficient (Wildman–Crippen LogP) is 3.08. The van der Waals surface area contributed by atoms with E-state index in [-0.39, 0.29) is 18.1 Å². The van der Waals surface area contributed by atoms with Gasteiger partial charge in [-0.3, -0.25) is 4.79 Å². The van der Waals surface area contributed by atoms with Crippen molar-refractivity contribution in [3.63, 3.8) is 0 Å². The van der Waals surface area contributed by atoms with Gasteiger partial charge in [0.25, 0.3) is 5.91 Å². The standard InChI is InChI=1S/C16H22ClNO2/c1-10-5-11(2)15(12(3)6-10)16(19)18-8-14(7-17)20-9-13(18)4/h5-6,13-14H,7-9H2,1-4H3. The fourth-order valence-electron chi connectivity index (χ4n) is 2.85. The number of carbonyl (C=O) groups excluding carboxylic acids is 1. The number of rotatable bonds is 2. The van der Waals surface area contributed by atoms with Crippen molar-refractivity contribution < 1.29 is 9.53 Å². The van der Waals surface area contributed by atoms with Gasteiger partial charge in [-0.2, -0.15) is 0 Å². The predicted molar refractivity (Wildman–Crippen MR) is 81.6 cm³/mol. The monoisotopic (exact) mass is 295 g/mol. The molecule has 1 aliphatic heterocycles. The minimum absolute atomic E-state index is 0.0668. The molecule has 20 heavy (non-hydrogen) atoms. The molecule has 0 spiro atoms. The molecule has 4 heteroatoms. The van der Waals surface area contributed by atoms with Gasteiger partial charge in [-0.25, -0.2) is 0 Å². The van der Waals surface area contributed by atoms with Crippen LogP contribution in [0.2, 0.25) is 0 Å². The third-order valence-electron chi connectivity index (χ3n) is 3.83. The maximum Gasteiger partial charge on any atom is 0.254 e. The molecule has 0 N–H and O–H groups in total. The minimum atomic E-state index is -0.0668. The van der Waals surface area contributed by atoms with E-state index in [1.54, 1.807) is 0 Å². The van der Waals surface area contributed by atoms with Crippen LogP contribution in [0.3, 0.4) is 0 Å². The van der Waals surface area contributed by atoms with Gasteiger partial charge in [0.15, 0.2) is 0 Å². The summed E-state index contributed by atoms with van der Waals surface area (Å²) in [4.78, 5) is 14.7. The molecule has 1 aliphatic rings. The van der Waals surface area contributed by atoms with E-state index in [0.717, 1.165) is 16.7 Å². The molecular formula is C16H22ClNO2. The molecule has 0 saturated carbocycles.